The number of anilines is 2. The van der Waals surface area contributed by atoms with Gasteiger partial charge in [-0.1, -0.05) is 18.6 Å². The number of aromatic nitrogens is 3. The third kappa shape index (κ3) is 10.0. The van der Waals surface area contributed by atoms with E-state index in [1.54, 1.807) is 22.7 Å². The van der Waals surface area contributed by atoms with Crippen LogP contribution in [0, 0.1) is 17.0 Å². The van der Waals surface area contributed by atoms with Gasteiger partial charge >= 0.3 is 5.97 Å². The maximum atomic E-state index is 15.3. The number of carboxylic acids is 1. The smallest absolute Gasteiger partial charge is 0.303 e. The average molecular weight is 804 g/mol. The van der Waals surface area contributed by atoms with Crippen LogP contribution >= 0.6 is 0 Å². The first-order valence-corrected chi connectivity index (χ1v) is 18.6. The van der Waals surface area contributed by atoms with E-state index in [4.69, 9.17) is 31.7 Å². The molecule has 0 radical (unpaired) electrons. The number of guanidine groups is 1. The standard InChI is InChI=1S/C39H47F2N11O6/c1-4-21-16-22(7-9-24(21)36(55)45-14-5-15-46-38(57)27(17-48-39(43)44)51-37(56)26(42)11-13-31(53)54)49-34-35-47-18-29(25-10-12-30(58-3)33(41)32(25)40)52(35)19-28(50-34)23-8-6-20(23)2/h6-7,9-10,12,16,18-19,23,26-27H,4-5,8,11,13-15,17,42H2,1-3H3,(H,45,55)(H,46,57)(H,49,50)(H,51,56)(H,53,54)(H4,43,44,48)/t23?,26-,27?/m0/s1. The summed E-state index contributed by atoms with van der Waals surface area (Å²) in [5.41, 5.74) is 15.5. The number of nitrogens with two attached hydrogens (primary N) is 2. The lowest BCUT2D eigenvalue weighted by molar-refractivity contribution is -0.137. The van der Waals surface area contributed by atoms with Crippen molar-refractivity contribution in [3.05, 3.63) is 82.8 Å². The number of allylic oxidation sites excluding steroid dienone is 2. The second kappa shape index (κ2) is 19.0. The lowest BCUT2D eigenvalue weighted by Crippen LogP contribution is -2.56. The molecule has 4 aromatic rings. The van der Waals surface area contributed by atoms with Crippen molar-refractivity contribution in [1.29, 1.82) is 5.41 Å². The Balaban J connectivity index is 1.24. The van der Waals surface area contributed by atoms with Gasteiger partial charge in [0.1, 0.15) is 6.04 Å². The third-order valence-corrected chi connectivity index (χ3v) is 9.70. The van der Waals surface area contributed by atoms with Crippen molar-refractivity contribution in [2.75, 3.05) is 32.1 Å². The van der Waals surface area contributed by atoms with Gasteiger partial charge in [-0.25, -0.2) is 14.4 Å². The first-order chi connectivity index (χ1) is 27.7. The number of hydrogen-bond donors (Lipinski definition) is 9. The van der Waals surface area contributed by atoms with Crippen molar-refractivity contribution >= 4 is 46.8 Å². The summed E-state index contributed by atoms with van der Waals surface area (Å²) in [7, 11) is 1.26. The fraction of sp³-hybridized carbons (Fsp3) is 0.359. The van der Waals surface area contributed by atoms with Crippen molar-refractivity contribution < 1.29 is 37.8 Å². The molecular formula is C39H47F2N11O6. The molecule has 19 heteroatoms. The van der Waals surface area contributed by atoms with Crippen molar-refractivity contribution in [3.63, 3.8) is 0 Å². The SMILES string of the molecule is CCc1cc(Nc2nc(C3CC=C3C)cn3c(-c4ccc(OC)c(F)c4F)cnc23)ccc1C(=O)NCCCNC(=O)C(CNC(=N)N)NC(=O)[C@@H](N)CCC(=O)O. The fourth-order valence-corrected chi connectivity index (χ4v) is 6.32. The van der Waals surface area contributed by atoms with Crippen LogP contribution in [-0.2, 0) is 20.8 Å². The molecule has 0 saturated heterocycles. The number of hydrogen-bond acceptors (Lipinski definition) is 10. The van der Waals surface area contributed by atoms with Crippen LogP contribution in [0.25, 0.3) is 16.9 Å². The molecule has 5 rings (SSSR count). The second-order valence-corrected chi connectivity index (χ2v) is 13.7. The molecule has 17 nitrogen and oxygen atoms in total. The van der Waals surface area contributed by atoms with Crippen LogP contribution in [0.4, 0.5) is 20.3 Å². The molecule has 3 amide bonds. The number of fused-ring (bicyclic) bond motifs is 1. The van der Waals surface area contributed by atoms with Crippen molar-refractivity contribution in [2.45, 2.75) is 64.0 Å². The molecule has 0 saturated carbocycles. The highest BCUT2D eigenvalue weighted by Crippen LogP contribution is 2.38. The molecule has 2 aromatic heterocycles. The number of amides is 3. The Morgan fingerprint density at radius 2 is 1.84 bits per heavy atom. The highest BCUT2D eigenvalue weighted by Gasteiger charge is 2.27. The van der Waals surface area contributed by atoms with E-state index >= 15 is 4.39 Å². The van der Waals surface area contributed by atoms with Gasteiger partial charge in [0.05, 0.1) is 30.7 Å². The van der Waals surface area contributed by atoms with Crippen LogP contribution in [0.2, 0.25) is 0 Å². The van der Waals surface area contributed by atoms with Gasteiger partial charge in [0, 0.05) is 55.0 Å². The molecule has 0 bridgehead atoms. The van der Waals surface area contributed by atoms with Gasteiger partial charge in [-0.15, -0.1) is 0 Å². The van der Waals surface area contributed by atoms with Gasteiger partial charge in [0.2, 0.25) is 17.6 Å². The molecule has 0 spiro atoms. The number of ether oxygens (including phenoxy) is 1. The lowest BCUT2D eigenvalue weighted by Gasteiger charge is -2.25. The normalized spacial score (nSPS) is 14.4. The second-order valence-electron chi connectivity index (χ2n) is 13.7. The fourth-order valence-electron chi connectivity index (χ4n) is 6.32. The van der Waals surface area contributed by atoms with Crippen LogP contribution in [0.5, 0.6) is 5.75 Å². The van der Waals surface area contributed by atoms with Crippen LogP contribution < -0.4 is 42.8 Å². The Morgan fingerprint density at radius 1 is 1.09 bits per heavy atom. The quantitative estimate of drug-likeness (QED) is 0.0287. The Bertz CT molecular complexity index is 2240. The van der Waals surface area contributed by atoms with Gasteiger partial charge in [-0.2, -0.15) is 4.39 Å². The summed E-state index contributed by atoms with van der Waals surface area (Å²) in [4.78, 5) is 58.8. The number of nitrogens with zero attached hydrogens (tertiary/aromatic N) is 3. The minimum Gasteiger partial charge on any atom is -0.494 e. The molecule has 1 aliphatic rings. The van der Waals surface area contributed by atoms with E-state index in [-0.39, 0.29) is 55.6 Å². The van der Waals surface area contributed by atoms with Crippen LogP contribution in [0.1, 0.15) is 67.1 Å². The highest BCUT2D eigenvalue weighted by molar-refractivity contribution is 5.96. The number of imidazole rings is 1. The maximum Gasteiger partial charge on any atom is 0.303 e. The van der Waals surface area contributed by atoms with Crippen molar-refractivity contribution in [3.8, 4) is 17.0 Å². The van der Waals surface area contributed by atoms with Crippen LogP contribution in [0.3, 0.4) is 0 Å². The topological polar surface area (TPSA) is 264 Å². The zero-order chi connectivity index (χ0) is 42.1. The number of carboxylic acid groups (broad SMARTS) is 1. The molecule has 1 aliphatic carbocycles. The lowest BCUT2D eigenvalue weighted by atomic mass is 9.83. The number of halogens is 2. The minimum atomic E-state index is -1.16. The van der Waals surface area contributed by atoms with Crippen molar-refractivity contribution in [2.24, 2.45) is 11.5 Å². The first-order valence-electron chi connectivity index (χ1n) is 18.6. The Hall–Kier alpha value is -6.63. The summed E-state index contributed by atoms with van der Waals surface area (Å²) < 4.78 is 36.7. The molecular weight excluding hydrogens is 756 g/mol. The minimum absolute atomic E-state index is 0.00683. The van der Waals surface area contributed by atoms with Gasteiger partial charge in [-0.3, -0.25) is 29.0 Å². The maximum absolute atomic E-state index is 15.3. The van der Waals surface area contributed by atoms with Crippen LogP contribution in [-0.4, -0.2) is 88.0 Å². The molecule has 2 heterocycles. The number of aliphatic carboxylic acids is 1. The molecule has 0 fully saturated rings. The largest absolute Gasteiger partial charge is 0.494 e. The summed E-state index contributed by atoms with van der Waals surface area (Å²) in [5.74, 6) is -5.16. The van der Waals surface area contributed by atoms with E-state index in [9.17, 15) is 23.6 Å². The Labute approximate surface area is 332 Å². The van der Waals surface area contributed by atoms with Gasteiger partial charge in [0.25, 0.3) is 5.91 Å². The zero-order valence-corrected chi connectivity index (χ0v) is 32.2. The number of carbonyl (C=O) groups is 4. The van der Waals surface area contributed by atoms with E-state index < -0.39 is 47.5 Å². The Kier molecular flexibility index (Phi) is 13.9. The summed E-state index contributed by atoms with van der Waals surface area (Å²) in [6.07, 6.45) is 6.52. The van der Waals surface area contributed by atoms with Crippen molar-refractivity contribution in [1.82, 2.24) is 35.6 Å². The average Bonchev–Trinajstić information content (AvgIpc) is 3.62. The first kappa shape index (κ1) is 42.5. The number of methoxy groups -OCH3 is 1. The summed E-state index contributed by atoms with van der Waals surface area (Å²) in [6, 6.07) is 5.72. The number of aryl methyl sites for hydroxylation is 1. The van der Waals surface area contributed by atoms with E-state index in [0.29, 0.717) is 41.3 Å². The zero-order valence-electron chi connectivity index (χ0n) is 32.2. The van der Waals surface area contributed by atoms with Crippen LogP contribution in [0.15, 0.2) is 54.4 Å². The molecule has 58 heavy (non-hydrogen) atoms. The summed E-state index contributed by atoms with van der Waals surface area (Å²) in [6.45, 7) is 4.04. The Morgan fingerprint density at radius 3 is 2.50 bits per heavy atom. The van der Waals surface area contributed by atoms with E-state index in [2.05, 4.69) is 37.6 Å². The van der Waals surface area contributed by atoms with E-state index in [1.807, 2.05) is 19.9 Å². The molecule has 2 aromatic carbocycles. The highest BCUT2D eigenvalue weighted by atomic mass is 19.2. The van der Waals surface area contributed by atoms with E-state index in [1.165, 1.54) is 25.4 Å². The molecule has 308 valence electrons. The predicted octanol–water partition coefficient (Wildman–Crippen LogP) is 2.82. The van der Waals surface area contributed by atoms with Gasteiger partial charge < -0.3 is 47.9 Å². The number of carbonyl (C=O) groups excluding carboxylic acids is 3. The molecule has 0 aliphatic heterocycles. The molecule has 3 atom stereocenters. The predicted molar refractivity (Wildman–Crippen MR) is 212 cm³/mol. The molecule has 2 unspecified atom stereocenters. The molecule has 11 N–H and O–H groups in total. The monoisotopic (exact) mass is 803 g/mol. The van der Waals surface area contributed by atoms with E-state index in [0.717, 1.165) is 23.3 Å². The third-order valence-electron chi connectivity index (χ3n) is 9.70. The number of nitrogens with one attached hydrogen (secondary N) is 6. The van der Waals surface area contributed by atoms with Gasteiger partial charge in [0.15, 0.2) is 29.0 Å². The summed E-state index contributed by atoms with van der Waals surface area (Å²) in [5, 5.41) is 30.0. The number of benzene rings is 2. The number of rotatable bonds is 19. The summed E-state index contributed by atoms with van der Waals surface area (Å²) >= 11 is 0. The van der Waals surface area contributed by atoms with Gasteiger partial charge in [-0.05, 0) is 68.5 Å².